The maximum Gasteiger partial charge on any atom is -0.000809 e. The molecule has 0 unspecified atom stereocenters. The Balaban J connectivity index is 0.00000400. The third-order valence-corrected chi connectivity index (χ3v) is 6.51. The lowest BCUT2D eigenvalue weighted by Gasteiger charge is -2.20. The predicted molar refractivity (Wildman–Crippen MR) is 170 cm³/mol. The first-order chi connectivity index (χ1) is 18.0. The lowest BCUT2D eigenvalue weighted by molar-refractivity contribution is 1.39. The van der Waals surface area contributed by atoms with Gasteiger partial charge in [-0.15, -0.1) is 0 Å². The monoisotopic (exact) mass is 494 g/mol. The molecule has 38 heavy (non-hydrogen) atoms. The first-order valence-corrected chi connectivity index (χ1v) is 12.7. The first kappa shape index (κ1) is 28.2. The van der Waals surface area contributed by atoms with Crippen LogP contribution in [0.3, 0.4) is 0 Å². The van der Waals surface area contributed by atoms with Crippen LogP contribution in [0.1, 0.15) is 50.5 Å². The van der Waals surface area contributed by atoms with Crippen molar-refractivity contribution in [3.8, 4) is 0 Å². The summed E-state index contributed by atoms with van der Waals surface area (Å²) in [5.74, 6) is 0. The average Bonchev–Trinajstić information content (AvgIpc) is 3.24. The molecule has 0 radical (unpaired) electrons. The Kier molecular flexibility index (Phi) is 9.41. The van der Waals surface area contributed by atoms with E-state index in [0.29, 0.717) is 0 Å². The fourth-order valence-corrected chi connectivity index (χ4v) is 4.84. The first-order valence-electron chi connectivity index (χ1n) is 12.7. The average molecular weight is 495 g/mol. The SMILES string of the molecule is C.C=C/C(C(=C)/C=C\C)=C(/C1=C(C(=C)c2ccccc2)c2ccccc2/C1=C\C=C(C)C)c1ccccc1. The lowest BCUT2D eigenvalue weighted by Crippen LogP contribution is -1.99. The van der Waals surface area contributed by atoms with Gasteiger partial charge < -0.3 is 0 Å². The molecule has 0 bridgehead atoms. The maximum absolute atomic E-state index is 4.64. The second kappa shape index (κ2) is 12.7. The van der Waals surface area contributed by atoms with Gasteiger partial charge in [0.05, 0.1) is 0 Å². The van der Waals surface area contributed by atoms with Gasteiger partial charge in [0.25, 0.3) is 0 Å². The molecule has 1 aliphatic carbocycles. The van der Waals surface area contributed by atoms with Gasteiger partial charge in [0.15, 0.2) is 0 Å². The van der Waals surface area contributed by atoms with E-state index >= 15 is 0 Å². The molecule has 3 aromatic carbocycles. The molecule has 0 saturated carbocycles. The minimum Gasteiger partial charge on any atom is -0.0984 e. The Bertz CT molecular complexity index is 1490. The van der Waals surface area contributed by atoms with Crippen LogP contribution in [0.2, 0.25) is 0 Å². The van der Waals surface area contributed by atoms with Crippen molar-refractivity contribution < 1.29 is 0 Å². The van der Waals surface area contributed by atoms with Crippen LogP contribution < -0.4 is 0 Å². The van der Waals surface area contributed by atoms with Gasteiger partial charge in [0, 0.05) is 0 Å². The van der Waals surface area contributed by atoms with Crippen LogP contribution in [-0.2, 0) is 0 Å². The van der Waals surface area contributed by atoms with Crippen molar-refractivity contribution in [1.82, 2.24) is 0 Å². The molecule has 0 heterocycles. The summed E-state index contributed by atoms with van der Waals surface area (Å²) in [6.07, 6.45) is 10.4. The zero-order valence-electron chi connectivity index (χ0n) is 22.1. The van der Waals surface area contributed by atoms with Gasteiger partial charge in [-0.3, -0.25) is 0 Å². The van der Waals surface area contributed by atoms with Crippen molar-refractivity contribution in [2.45, 2.75) is 28.2 Å². The normalized spacial score (nSPS) is 14.0. The van der Waals surface area contributed by atoms with Gasteiger partial charge in [-0.05, 0) is 82.0 Å². The molecule has 0 heteroatoms. The molecule has 3 aromatic rings. The molecule has 0 nitrogen and oxygen atoms in total. The highest BCUT2D eigenvalue weighted by Gasteiger charge is 2.31. The van der Waals surface area contributed by atoms with Crippen molar-refractivity contribution >= 4 is 22.3 Å². The van der Waals surface area contributed by atoms with E-state index in [1.54, 1.807) is 0 Å². The highest BCUT2D eigenvalue weighted by Crippen LogP contribution is 2.52. The topological polar surface area (TPSA) is 0 Å². The summed E-state index contributed by atoms with van der Waals surface area (Å²) in [7, 11) is 0. The van der Waals surface area contributed by atoms with E-state index in [1.165, 1.54) is 22.3 Å². The second-order valence-corrected chi connectivity index (χ2v) is 9.35. The fourth-order valence-electron chi connectivity index (χ4n) is 4.84. The van der Waals surface area contributed by atoms with E-state index in [1.807, 2.05) is 31.2 Å². The van der Waals surface area contributed by atoms with Crippen LogP contribution in [0.4, 0.5) is 0 Å². The van der Waals surface area contributed by atoms with Gasteiger partial charge in [-0.1, -0.05) is 148 Å². The third kappa shape index (κ3) is 5.61. The minimum atomic E-state index is 0. The molecule has 0 aromatic heterocycles. The highest BCUT2D eigenvalue weighted by molar-refractivity contribution is 6.23. The van der Waals surface area contributed by atoms with Crippen molar-refractivity contribution in [3.63, 3.8) is 0 Å². The molecular formula is C38H38. The summed E-state index contributed by atoms with van der Waals surface area (Å²) >= 11 is 0. The van der Waals surface area contributed by atoms with Gasteiger partial charge in [0.2, 0.25) is 0 Å². The zero-order valence-corrected chi connectivity index (χ0v) is 22.1. The summed E-state index contributed by atoms with van der Waals surface area (Å²) < 4.78 is 0. The molecule has 0 fully saturated rings. The second-order valence-electron chi connectivity index (χ2n) is 9.35. The number of hydrogen-bond donors (Lipinski definition) is 0. The Morgan fingerprint density at radius 1 is 0.711 bits per heavy atom. The van der Waals surface area contributed by atoms with Gasteiger partial charge in [0.1, 0.15) is 0 Å². The lowest BCUT2D eigenvalue weighted by atomic mass is 9.83. The summed E-state index contributed by atoms with van der Waals surface area (Å²) in [6.45, 7) is 19.6. The van der Waals surface area contributed by atoms with Crippen LogP contribution >= 0.6 is 0 Å². The van der Waals surface area contributed by atoms with E-state index in [9.17, 15) is 0 Å². The van der Waals surface area contributed by atoms with E-state index < -0.39 is 0 Å². The molecule has 4 rings (SSSR count). The van der Waals surface area contributed by atoms with Gasteiger partial charge >= 0.3 is 0 Å². The van der Waals surface area contributed by atoms with Crippen molar-refractivity contribution in [1.29, 1.82) is 0 Å². The fraction of sp³-hybridized carbons (Fsp3) is 0.105. The molecule has 1 aliphatic rings. The van der Waals surface area contributed by atoms with Crippen molar-refractivity contribution in [2.24, 2.45) is 0 Å². The molecule has 0 N–H and O–H groups in total. The summed E-state index contributed by atoms with van der Waals surface area (Å²) in [6, 6.07) is 29.6. The minimum absolute atomic E-state index is 0. The van der Waals surface area contributed by atoms with Crippen LogP contribution in [0.15, 0.2) is 157 Å². The number of hydrogen-bond acceptors (Lipinski definition) is 0. The molecule has 0 amide bonds. The van der Waals surface area contributed by atoms with E-state index in [0.717, 1.165) is 44.6 Å². The Labute approximate surface area is 229 Å². The number of rotatable bonds is 8. The zero-order chi connectivity index (χ0) is 26.4. The van der Waals surface area contributed by atoms with Gasteiger partial charge in [-0.2, -0.15) is 0 Å². The number of benzene rings is 3. The standard InChI is InChI=1S/C37H34.CH4/c1-7-17-27(5)31(8-2)36(30-20-13-10-14-21-30)37-34(25-24-26(3)4)32-22-15-16-23-33(32)35(37)28(6)29-18-11-9-12-19-29;/h7-25H,2,5-6H2,1,3-4H3;1H4/b17-7-,34-25+,36-31-;. The summed E-state index contributed by atoms with van der Waals surface area (Å²) in [4.78, 5) is 0. The van der Waals surface area contributed by atoms with Gasteiger partial charge in [-0.25, -0.2) is 0 Å². The van der Waals surface area contributed by atoms with Crippen LogP contribution in [0.25, 0.3) is 22.3 Å². The molecule has 0 spiro atoms. The summed E-state index contributed by atoms with van der Waals surface area (Å²) in [5, 5.41) is 0. The Morgan fingerprint density at radius 2 is 1.26 bits per heavy atom. The van der Waals surface area contributed by atoms with Crippen LogP contribution in [0.5, 0.6) is 0 Å². The van der Waals surface area contributed by atoms with E-state index in [-0.39, 0.29) is 7.43 Å². The molecular weight excluding hydrogens is 456 g/mol. The Morgan fingerprint density at radius 3 is 1.82 bits per heavy atom. The molecule has 190 valence electrons. The number of fused-ring (bicyclic) bond motifs is 1. The van der Waals surface area contributed by atoms with Crippen LogP contribution in [0, 0.1) is 0 Å². The maximum atomic E-state index is 4.64. The quantitative estimate of drug-likeness (QED) is 0.273. The number of allylic oxidation sites excluding steroid dienone is 13. The molecule has 0 atom stereocenters. The Hall–Kier alpha value is -4.42. The predicted octanol–water partition coefficient (Wildman–Crippen LogP) is 10.9. The largest absolute Gasteiger partial charge is 0.0984 e. The smallest absolute Gasteiger partial charge is 0.000809 e. The van der Waals surface area contributed by atoms with Crippen LogP contribution in [-0.4, -0.2) is 0 Å². The molecule has 0 aliphatic heterocycles. The molecule has 0 saturated heterocycles. The van der Waals surface area contributed by atoms with E-state index in [4.69, 9.17) is 0 Å². The summed E-state index contributed by atoms with van der Waals surface area (Å²) in [5.41, 5.74) is 13.4. The van der Waals surface area contributed by atoms with Crippen molar-refractivity contribution in [3.05, 3.63) is 180 Å². The van der Waals surface area contributed by atoms with Crippen molar-refractivity contribution in [2.75, 3.05) is 0 Å². The van der Waals surface area contributed by atoms with E-state index in [2.05, 4.69) is 125 Å². The third-order valence-electron chi connectivity index (χ3n) is 6.51. The highest BCUT2D eigenvalue weighted by atomic mass is 14.3.